The first-order valence-electron chi connectivity index (χ1n) is 7.21. The Balaban J connectivity index is 1.79. The van der Waals surface area contributed by atoms with E-state index in [-0.39, 0.29) is 5.78 Å². The zero-order valence-electron chi connectivity index (χ0n) is 12.7. The van der Waals surface area contributed by atoms with Gasteiger partial charge in [-0.15, -0.1) is 0 Å². The number of rotatable bonds is 5. The molecule has 0 amide bonds. The minimum Gasteiger partial charge on any atom is -0.497 e. The molecule has 0 fully saturated rings. The van der Waals surface area contributed by atoms with Gasteiger partial charge >= 0.3 is 0 Å². The molecule has 0 bridgehead atoms. The third kappa shape index (κ3) is 2.64. The first-order valence-corrected chi connectivity index (χ1v) is 7.21. The second-order valence-corrected chi connectivity index (χ2v) is 5.18. The molecular weight excluding hydrogens is 280 g/mol. The predicted molar refractivity (Wildman–Crippen MR) is 83.0 cm³/mol. The van der Waals surface area contributed by atoms with E-state index in [4.69, 9.17) is 14.2 Å². The number of fused-ring (bicyclic) bond motifs is 1. The van der Waals surface area contributed by atoms with E-state index in [2.05, 4.69) is 0 Å². The van der Waals surface area contributed by atoms with Crippen molar-refractivity contribution in [1.29, 1.82) is 0 Å². The summed E-state index contributed by atoms with van der Waals surface area (Å²) in [5.74, 6) is 2.34. The van der Waals surface area contributed by atoms with Crippen LogP contribution in [-0.2, 0) is 13.0 Å². The van der Waals surface area contributed by atoms with Crippen molar-refractivity contribution < 1.29 is 19.0 Å². The van der Waals surface area contributed by atoms with Crippen LogP contribution in [0, 0.1) is 0 Å². The Morgan fingerprint density at radius 3 is 2.41 bits per heavy atom. The van der Waals surface area contributed by atoms with Gasteiger partial charge in [-0.3, -0.25) is 4.79 Å². The highest BCUT2D eigenvalue weighted by molar-refractivity contribution is 6.01. The molecule has 22 heavy (non-hydrogen) atoms. The lowest BCUT2D eigenvalue weighted by atomic mass is 10.1. The van der Waals surface area contributed by atoms with Gasteiger partial charge in [0.1, 0.15) is 12.4 Å². The van der Waals surface area contributed by atoms with Crippen molar-refractivity contribution in [2.45, 2.75) is 19.4 Å². The lowest BCUT2D eigenvalue weighted by Crippen LogP contribution is -2.01. The summed E-state index contributed by atoms with van der Waals surface area (Å²) in [6.45, 7) is 0.438. The predicted octanol–water partition coefficient (Wildman–Crippen LogP) is 3.41. The molecule has 2 aromatic rings. The van der Waals surface area contributed by atoms with Crippen molar-refractivity contribution in [2.75, 3.05) is 14.2 Å². The smallest absolute Gasteiger partial charge is 0.164 e. The number of carbonyl (C=O) groups is 1. The minimum atomic E-state index is 0.176. The number of ketones is 1. The van der Waals surface area contributed by atoms with Crippen LogP contribution in [0.3, 0.4) is 0 Å². The Labute approximate surface area is 129 Å². The summed E-state index contributed by atoms with van der Waals surface area (Å²) in [4.78, 5) is 11.8. The molecule has 4 heteroatoms. The molecule has 4 nitrogen and oxygen atoms in total. The van der Waals surface area contributed by atoms with Gasteiger partial charge in [0.25, 0.3) is 0 Å². The van der Waals surface area contributed by atoms with E-state index in [9.17, 15) is 4.79 Å². The van der Waals surface area contributed by atoms with E-state index < -0.39 is 0 Å². The molecule has 0 saturated carbocycles. The van der Waals surface area contributed by atoms with Crippen LogP contribution in [0.1, 0.15) is 27.9 Å². The highest BCUT2D eigenvalue weighted by atomic mass is 16.5. The Morgan fingerprint density at radius 2 is 1.73 bits per heavy atom. The van der Waals surface area contributed by atoms with E-state index in [1.807, 2.05) is 36.4 Å². The van der Waals surface area contributed by atoms with E-state index in [1.54, 1.807) is 14.2 Å². The lowest BCUT2D eigenvalue weighted by Gasteiger charge is -2.14. The first-order chi connectivity index (χ1) is 10.7. The zero-order valence-corrected chi connectivity index (χ0v) is 12.7. The van der Waals surface area contributed by atoms with Crippen LogP contribution in [-0.4, -0.2) is 20.0 Å². The standard InChI is InChI=1S/C18H18O4/c1-20-13-5-3-12(4-6-13)11-22-17-10-8-14-15(18(17)21-2)7-9-16(14)19/h3-6,8,10H,7,9,11H2,1-2H3. The van der Waals surface area contributed by atoms with Gasteiger partial charge in [0.15, 0.2) is 17.3 Å². The molecule has 0 saturated heterocycles. The normalized spacial score (nSPS) is 12.9. The topological polar surface area (TPSA) is 44.8 Å². The lowest BCUT2D eigenvalue weighted by molar-refractivity contribution is 0.0994. The number of hydrogen-bond donors (Lipinski definition) is 0. The third-order valence-corrected chi connectivity index (χ3v) is 3.88. The maximum Gasteiger partial charge on any atom is 0.164 e. The van der Waals surface area contributed by atoms with Crippen LogP contribution < -0.4 is 14.2 Å². The molecule has 0 aromatic heterocycles. The summed E-state index contributed by atoms with van der Waals surface area (Å²) in [6.07, 6.45) is 1.27. The van der Waals surface area contributed by atoms with E-state index in [0.717, 1.165) is 28.9 Å². The molecule has 0 heterocycles. The fourth-order valence-electron chi connectivity index (χ4n) is 2.71. The van der Waals surface area contributed by atoms with Crippen LogP contribution in [0.15, 0.2) is 36.4 Å². The third-order valence-electron chi connectivity index (χ3n) is 3.88. The second kappa shape index (κ2) is 6.10. The fourth-order valence-corrected chi connectivity index (χ4v) is 2.71. The average Bonchev–Trinajstić information content (AvgIpc) is 2.94. The van der Waals surface area contributed by atoms with Crippen molar-refractivity contribution >= 4 is 5.78 Å². The van der Waals surface area contributed by atoms with Gasteiger partial charge in [-0.05, 0) is 36.2 Å². The molecular formula is C18H18O4. The van der Waals surface area contributed by atoms with Gasteiger partial charge < -0.3 is 14.2 Å². The Hall–Kier alpha value is -2.49. The number of ether oxygens (including phenoxy) is 3. The van der Waals surface area contributed by atoms with E-state index >= 15 is 0 Å². The second-order valence-electron chi connectivity index (χ2n) is 5.18. The summed E-state index contributed by atoms with van der Waals surface area (Å²) in [5.41, 5.74) is 2.76. The fraction of sp³-hybridized carbons (Fsp3) is 0.278. The van der Waals surface area contributed by atoms with Crippen molar-refractivity contribution in [3.8, 4) is 17.2 Å². The Morgan fingerprint density at radius 1 is 0.955 bits per heavy atom. The van der Waals surface area contributed by atoms with Crippen LogP contribution in [0.5, 0.6) is 17.2 Å². The summed E-state index contributed by atoms with van der Waals surface area (Å²) in [6, 6.07) is 11.4. The van der Waals surface area contributed by atoms with E-state index in [1.165, 1.54) is 0 Å². The molecule has 1 aliphatic carbocycles. The maximum absolute atomic E-state index is 11.8. The largest absolute Gasteiger partial charge is 0.497 e. The van der Waals surface area contributed by atoms with Gasteiger partial charge in [0.05, 0.1) is 14.2 Å². The van der Waals surface area contributed by atoms with Crippen molar-refractivity contribution in [3.63, 3.8) is 0 Å². The van der Waals surface area contributed by atoms with Crippen molar-refractivity contribution in [1.82, 2.24) is 0 Å². The Bertz CT molecular complexity index is 689. The zero-order chi connectivity index (χ0) is 15.5. The molecule has 114 valence electrons. The highest BCUT2D eigenvalue weighted by Crippen LogP contribution is 2.38. The Kier molecular flexibility index (Phi) is 4.00. The molecule has 1 aliphatic rings. The number of carbonyl (C=O) groups excluding carboxylic acids is 1. The molecule has 3 rings (SSSR count). The van der Waals surface area contributed by atoms with Crippen LogP contribution >= 0.6 is 0 Å². The molecule has 0 spiro atoms. The minimum absolute atomic E-state index is 0.176. The molecule has 0 N–H and O–H groups in total. The van der Waals surface area contributed by atoms with Gasteiger partial charge in [-0.25, -0.2) is 0 Å². The number of hydrogen-bond acceptors (Lipinski definition) is 4. The monoisotopic (exact) mass is 298 g/mol. The molecule has 0 radical (unpaired) electrons. The summed E-state index contributed by atoms with van der Waals surface area (Å²) >= 11 is 0. The highest BCUT2D eigenvalue weighted by Gasteiger charge is 2.25. The van der Waals surface area contributed by atoms with Crippen LogP contribution in [0.4, 0.5) is 0 Å². The van der Waals surface area contributed by atoms with Crippen molar-refractivity contribution in [3.05, 3.63) is 53.1 Å². The quantitative estimate of drug-likeness (QED) is 0.848. The van der Waals surface area contributed by atoms with Gasteiger partial charge in [0.2, 0.25) is 0 Å². The first kappa shape index (κ1) is 14.4. The number of methoxy groups -OCH3 is 2. The maximum atomic E-state index is 11.8. The van der Waals surface area contributed by atoms with Crippen LogP contribution in [0.2, 0.25) is 0 Å². The van der Waals surface area contributed by atoms with Crippen LogP contribution in [0.25, 0.3) is 0 Å². The van der Waals surface area contributed by atoms with Crippen molar-refractivity contribution in [2.24, 2.45) is 0 Å². The molecule has 0 unspecified atom stereocenters. The summed E-state index contributed by atoms with van der Waals surface area (Å²) < 4.78 is 16.5. The molecule has 0 aliphatic heterocycles. The van der Waals surface area contributed by atoms with Gasteiger partial charge in [-0.1, -0.05) is 12.1 Å². The molecule has 0 atom stereocenters. The SMILES string of the molecule is COc1ccc(COc2ccc3c(c2OC)CCC3=O)cc1. The number of Topliss-reactive ketones (excluding diaryl/α,β-unsaturated/α-hetero) is 1. The summed E-state index contributed by atoms with van der Waals surface area (Å²) in [7, 11) is 3.25. The van der Waals surface area contributed by atoms with E-state index in [0.29, 0.717) is 24.5 Å². The summed E-state index contributed by atoms with van der Waals surface area (Å²) in [5, 5.41) is 0. The number of benzene rings is 2. The van der Waals surface area contributed by atoms with Gasteiger partial charge in [0, 0.05) is 17.5 Å². The van der Waals surface area contributed by atoms with Gasteiger partial charge in [-0.2, -0.15) is 0 Å². The molecule has 2 aromatic carbocycles. The average molecular weight is 298 g/mol.